The van der Waals surface area contributed by atoms with E-state index in [9.17, 15) is 8.42 Å². The molecule has 0 aliphatic heterocycles. The Bertz CT molecular complexity index is 544. The standard InChI is InChI=1S/C15H26N2O3S/c1-4-7-13(5-2)17-21(18,19)14-8-9-15(20-6-3)12(10-14)11-16/h8-10,13,17H,4-7,11,16H2,1-3H3. The molecule has 120 valence electrons. The Morgan fingerprint density at radius 2 is 2.00 bits per heavy atom. The van der Waals surface area contributed by atoms with Crippen LogP contribution in [0.25, 0.3) is 0 Å². The second-order valence-electron chi connectivity index (χ2n) is 4.92. The van der Waals surface area contributed by atoms with Crippen LogP contribution in [0.2, 0.25) is 0 Å². The van der Waals surface area contributed by atoms with E-state index in [0.29, 0.717) is 17.9 Å². The molecular weight excluding hydrogens is 288 g/mol. The highest BCUT2D eigenvalue weighted by Crippen LogP contribution is 2.23. The molecule has 0 aromatic heterocycles. The summed E-state index contributed by atoms with van der Waals surface area (Å²) >= 11 is 0. The predicted molar refractivity (Wildman–Crippen MR) is 84.8 cm³/mol. The second kappa shape index (κ2) is 8.36. The lowest BCUT2D eigenvalue weighted by Gasteiger charge is -2.17. The fourth-order valence-corrected chi connectivity index (χ4v) is 3.57. The molecule has 0 saturated carbocycles. The third-order valence-corrected chi connectivity index (χ3v) is 4.83. The number of hydrogen-bond acceptors (Lipinski definition) is 4. The van der Waals surface area contributed by atoms with Crippen molar-refractivity contribution in [3.63, 3.8) is 0 Å². The summed E-state index contributed by atoms with van der Waals surface area (Å²) in [6, 6.07) is 4.78. The summed E-state index contributed by atoms with van der Waals surface area (Å²) in [5.41, 5.74) is 6.37. The summed E-state index contributed by atoms with van der Waals surface area (Å²) in [5, 5.41) is 0. The van der Waals surface area contributed by atoms with Crippen molar-refractivity contribution < 1.29 is 13.2 Å². The Morgan fingerprint density at radius 1 is 1.29 bits per heavy atom. The predicted octanol–water partition coefficient (Wildman–Crippen LogP) is 2.40. The van der Waals surface area contributed by atoms with Gasteiger partial charge in [0.1, 0.15) is 5.75 Å². The van der Waals surface area contributed by atoms with Gasteiger partial charge < -0.3 is 10.5 Å². The number of hydrogen-bond donors (Lipinski definition) is 2. The van der Waals surface area contributed by atoms with Gasteiger partial charge in [0.25, 0.3) is 0 Å². The lowest BCUT2D eigenvalue weighted by molar-refractivity contribution is 0.336. The van der Waals surface area contributed by atoms with Gasteiger partial charge >= 0.3 is 0 Å². The summed E-state index contributed by atoms with van der Waals surface area (Å²) < 4.78 is 33.0. The smallest absolute Gasteiger partial charge is 0.240 e. The van der Waals surface area contributed by atoms with Gasteiger partial charge in [-0.1, -0.05) is 20.3 Å². The summed E-state index contributed by atoms with van der Waals surface area (Å²) in [6.07, 6.45) is 2.54. The molecule has 0 aliphatic rings. The molecule has 0 aliphatic carbocycles. The van der Waals surface area contributed by atoms with E-state index in [-0.39, 0.29) is 17.5 Å². The van der Waals surface area contributed by atoms with Gasteiger partial charge in [0.15, 0.2) is 0 Å². The normalized spacial score (nSPS) is 13.1. The van der Waals surface area contributed by atoms with Crippen LogP contribution in [-0.2, 0) is 16.6 Å². The van der Waals surface area contributed by atoms with Crippen LogP contribution in [0, 0.1) is 0 Å². The summed E-state index contributed by atoms with van der Waals surface area (Å²) in [6.45, 7) is 6.66. The van der Waals surface area contributed by atoms with E-state index in [2.05, 4.69) is 4.72 Å². The van der Waals surface area contributed by atoms with Crippen LogP contribution in [-0.4, -0.2) is 21.1 Å². The molecule has 0 bridgehead atoms. The lowest BCUT2D eigenvalue weighted by Crippen LogP contribution is -2.34. The fraction of sp³-hybridized carbons (Fsp3) is 0.600. The first kappa shape index (κ1) is 17.9. The molecule has 1 atom stereocenters. The van der Waals surface area contributed by atoms with E-state index < -0.39 is 10.0 Å². The van der Waals surface area contributed by atoms with Crippen LogP contribution in [0.3, 0.4) is 0 Å². The van der Waals surface area contributed by atoms with Crippen molar-refractivity contribution in [2.75, 3.05) is 6.61 Å². The summed E-state index contributed by atoms with van der Waals surface area (Å²) in [7, 11) is -3.52. The Balaban J connectivity index is 3.02. The molecule has 0 heterocycles. The first-order valence-corrected chi connectivity index (χ1v) is 8.94. The highest BCUT2D eigenvalue weighted by atomic mass is 32.2. The molecule has 1 aromatic carbocycles. The van der Waals surface area contributed by atoms with Crippen molar-refractivity contribution in [3.05, 3.63) is 23.8 Å². The average Bonchev–Trinajstić information content (AvgIpc) is 2.47. The molecule has 1 aromatic rings. The molecule has 0 fully saturated rings. The van der Waals surface area contributed by atoms with E-state index >= 15 is 0 Å². The van der Waals surface area contributed by atoms with Gasteiger partial charge in [-0.05, 0) is 38.0 Å². The Hall–Kier alpha value is -1.11. The zero-order valence-corrected chi connectivity index (χ0v) is 13.9. The maximum Gasteiger partial charge on any atom is 0.240 e. The minimum atomic E-state index is -3.52. The zero-order valence-electron chi connectivity index (χ0n) is 13.1. The maximum absolute atomic E-state index is 12.4. The van der Waals surface area contributed by atoms with E-state index in [1.54, 1.807) is 18.2 Å². The summed E-state index contributed by atoms with van der Waals surface area (Å²) in [4.78, 5) is 0.237. The van der Waals surface area contributed by atoms with Crippen molar-refractivity contribution in [2.24, 2.45) is 5.73 Å². The van der Waals surface area contributed by atoms with Crippen molar-refractivity contribution in [2.45, 2.75) is 57.5 Å². The molecule has 3 N–H and O–H groups in total. The van der Waals surface area contributed by atoms with E-state index in [4.69, 9.17) is 10.5 Å². The van der Waals surface area contributed by atoms with Gasteiger partial charge in [0.2, 0.25) is 10.0 Å². The van der Waals surface area contributed by atoms with Gasteiger partial charge in [0.05, 0.1) is 11.5 Å². The molecule has 1 unspecified atom stereocenters. The number of benzene rings is 1. The monoisotopic (exact) mass is 314 g/mol. The molecule has 5 nitrogen and oxygen atoms in total. The SMILES string of the molecule is CCCC(CC)NS(=O)(=O)c1ccc(OCC)c(CN)c1. The van der Waals surface area contributed by atoms with Crippen LogP contribution in [0.5, 0.6) is 5.75 Å². The fourth-order valence-electron chi connectivity index (χ4n) is 2.16. The van der Waals surface area contributed by atoms with Crippen LogP contribution < -0.4 is 15.2 Å². The third-order valence-electron chi connectivity index (χ3n) is 3.31. The topological polar surface area (TPSA) is 81.4 Å². The quantitative estimate of drug-likeness (QED) is 0.733. The van der Waals surface area contributed by atoms with Crippen LogP contribution in [0.1, 0.15) is 45.6 Å². The van der Waals surface area contributed by atoms with E-state index in [1.807, 2.05) is 20.8 Å². The van der Waals surface area contributed by atoms with E-state index in [1.165, 1.54) is 0 Å². The molecule has 1 rings (SSSR count). The van der Waals surface area contributed by atoms with Crippen LogP contribution in [0.15, 0.2) is 23.1 Å². The van der Waals surface area contributed by atoms with Crippen LogP contribution in [0.4, 0.5) is 0 Å². The van der Waals surface area contributed by atoms with Gasteiger partial charge in [-0.2, -0.15) is 0 Å². The zero-order chi connectivity index (χ0) is 15.9. The van der Waals surface area contributed by atoms with Crippen molar-refractivity contribution in [1.82, 2.24) is 4.72 Å². The van der Waals surface area contributed by atoms with Gasteiger partial charge in [0, 0.05) is 18.2 Å². The number of nitrogens with two attached hydrogens (primary N) is 1. The Kier molecular flexibility index (Phi) is 7.14. The first-order chi connectivity index (χ1) is 9.98. The van der Waals surface area contributed by atoms with Crippen LogP contribution >= 0.6 is 0 Å². The number of rotatable bonds is 9. The number of nitrogens with one attached hydrogen (secondary N) is 1. The highest BCUT2D eigenvalue weighted by molar-refractivity contribution is 7.89. The lowest BCUT2D eigenvalue weighted by atomic mass is 10.1. The van der Waals surface area contributed by atoms with Crippen molar-refractivity contribution in [1.29, 1.82) is 0 Å². The van der Waals surface area contributed by atoms with Gasteiger partial charge in [-0.25, -0.2) is 13.1 Å². The van der Waals surface area contributed by atoms with Crippen molar-refractivity contribution in [3.8, 4) is 5.75 Å². The molecular formula is C15H26N2O3S. The van der Waals surface area contributed by atoms with Crippen molar-refractivity contribution >= 4 is 10.0 Å². The molecule has 0 saturated heterocycles. The molecule has 6 heteroatoms. The maximum atomic E-state index is 12.4. The molecule has 21 heavy (non-hydrogen) atoms. The van der Waals surface area contributed by atoms with Gasteiger partial charge in [-0.3, -0.25) is 0 Å². The first-order valence-electron chi connectivity index (χ1n) is 7.46. The molecule has 0 radical (unpaired) electrons. The highest BCUT2D eigenvalue weighted by Gasteiger charge is 2.19. The third kappa shape index (κ3) is 4.98. The Morgan fingerprint density at radius 3 is 2.52 bits per heavy atom. The second-order valence-corrected chi connectivity index (χ2v) is 6.64. The minimum absolute atomic E-state index is 0.0344. The Labute approximate surface area is 127 Å². The molecule has 0 amide bonds. The molecule has 0 spiro atoms. The number of sulfonamides is 1. The number of ether oxygens (including phenoxy) is 1. The average molecular weight is 314 g/mol. The van der Waals surface area contributed by atoms with Gasteiger partial charge in [-0.15, -0.1) is 0 Å². The minimum Gasteiger partial charge on any atom is -0.494 e. The van der Waals surface area contributed by atoms with E-state index in [0.717, 1.165) is 19.3 Å². The largest absolute Gasteiger partial charge is 0.494 e. The summed E-state index contributed by atoms with van der Waals surface area (Å²) in [5.74, 6) is 0.638.